The maximum absolute atomic E-state index is 12.5. The van der Waals surface area contributed by atoms with Crippen molar-refractivity contribution in [2.75, 3.05) is 5.32 Å². The third kappa shape index (κ3) is 4.45. The van der Waals surface area contributed by atoms with Crippen LogP contribution in [0.1, 0.15) is 18.1 Å². The first kappa shape index (κ1) is 17.2. The molecule has 6 nitrogen and oxygen atoms in total. The largest absolute Gasteiger partial charge is 0.325 e. The molecule has 0 bridgehead atoms. The van der Waals surface area contributed by atoms with Crippen molar-refractivity contribution in [1.82, 2.24) is 20.2 Å². The first-order valence-electron chi connectivity index (χ1n) is 7.97. The summed E-state index contributed by atoms with van der Waals surface area (Å²) in [6.07, 6.45) is 0. The number of benzene rings is 2. The topological polar surface area (TPSA) is 72.7 Å². The second kappa shape index (κ2) is 7.94. The summed E-state index contributed by atoms with van der Waals surface area (Å²) in [4.78, 5) is 12.5. The van der Waals surface area contributed by atoms with Crippen LogP contribution in [0.5, 0.6) is 0 Å². The number of nitrogens with one attached hydrogen (secondary N) is 1. The van der Waals surface area contributed by atoms with Crippen molar-refractivity contribution in [3.8, 4) is 0 Å². The highest BCUT2D eigenvalue weighted by Crippen LogP contribution is 2.23. The fourth-order valence-electron chi connectivity index (χ4n) is 2.30. The lowest BCUT2D eigenvalue weighted by Gasteiger charge is -2.13. The molecule has 25 heavy (non-hydrogen) atoms. The maximum Gasteiger partial charge on any atom is 0.237 e. The van der Waals surface area contributed by atoms with E-state index in [2.05, 4.69) is 20.8 Å². The Kier molecular flexibility index (Phi) is 5.45. The lowest BCUT2D eigenvalue weighted by atomic mass is 10.2. The number of amides is 1. The molecule has 1 atom stereocenters. The molecular formula is C18H19N5OS. The molecule has 0 fully saturated rings. The van der Waals surface area contributed by atoms with Gasteiger partial charge in [0, 0.05) is 5.69 Å². The second-order valence-electron chi connectivity index (χ2n) is 5.67. The van der Waals surface area contributed by atoms with Crippen LogP contribution in [-0.2, 0) is 11.3 Å². The SMILES string of the molecule is Cc1ccccc1NC(=O)[C@H](C)Sc1nnnn1Cc1ccccc1. The van der Waals surface area contributed by atoms with E-state index in [-0.39, 0.29) is 11.2 Å². The Morgan fingerprint density at radius 3 is 2.64 bits per heavy atom. The molecule has 1 N–H and O–H groups in total. The number of aromatic nitrogens is 4. The van der Waals surface area contributed by atoms with Gasteiger partial charge >= 0.3 is 0 Å². The standard InChI is InChI=1S/C18H19N5OS/c1-13-8-6-7-11-16(13)19-17(24)14(2)25-18-20-21-22-23(18)12-15-9-4-3-5-10-15/h3-11,14H,12H2,1-2H3,(H,19,24)/t14-/m0/s1. The molecule has 1 amide bonds. The van der Waals surface area contributed by atoms with Gasteiger partial charge in [-0.2, -0.15) is 0 Å². The van der Waals surface area contributed by atoms with Crippen LogP contribution in [0.2, 0.25) is 0 Å². The number of nitrogens with zero attached hydrogens (tertiary/aromatic N) is 4. The molecule has 3 rings (SSSR count). The molecule has 0 saturated carbocycles. The van der Waals surface area contributed by atoms with Crippen LogP contribution in [0.4, 0.5) is 5.69 Å². The van der Waals surface area contributed by atoms with Gasteiger partial charge in [0.1, 0.15) is 0 Å². The maximum atomic E-state index is 12.5. The fraction of sp³-hybridized carbons (Fsp3) is 0.222. The highest BCUT2D eigenvalue weighted by atomic mass is 32.2. The lowest BCUT2D eigenvalue weighted by molar-refractivity contribution is -0.115. The molecule has 1 aromatic heterocycles. The first-order chi connectivity index (χ1) is 12.1. The van der Waals surface area contributed by atoms with Crippen molar-refractivity contribution in [1.29, 1.82) is 0 Å². The van der Waals surface area contributed by atoms with E-state index in [9.17, 15) is 4.79 Å². The number of anilines is 1. The number of aryl methyl sites for hydroxylation is 1. The van der Waals surface area contributed by atoms with E-state index in [1.807, 2.05) is 68.4 Å². The Balaban J connectivity index is 1.65. The molecule has 0 aliphatic carbocycles. The van der Waals surface area contributed by atoms with Gasteiger partial charge in [-0.1, -0.05) is 60.3 Å². The van der Waals surface area contributed by atoms with Crippen LogP contribution >= 0.6 is 11.8 Å². The minimum absolute atomic E-state index is 0.0754. The molecule has 1 heterocycles. The molecule has 0 spiro atoms. The van der Waals surface area contributed by atoms with E-state index in [1.54, 1.807) is 4.68 Å². The zero-order chi connectivity index (χ0) is 17.6. The summed E-state index contributed by atoms with van der Waals surface area (Å²) in [5.74, 6) is -0.0754. The third-order valence-electron chi connectivity index (χ3n) is 3.73. The Morgan fingerprint density at radius 1 is 1.16 bits per heavy atom. The molecule has 3 aromatic rings. The lowest BCUT2D eigenvalue weighted by Crippen LogP contribution is -2.23. The number of carbonyl (C=O) groups excluding carboxylic acids is 1. The van der Waals surface area contributed by atoms with Gasteiger partial charge in [0.05, 0.1) is 11.8 Å². The van der Waals surface area contributed by atoms with Crippen LogP contribution in [0, 0.1) is 6.92 Å². The molecule has 2 aromatic carbocycles. The van der Waals surface area contributed by atoms with Crippen LogP contribution in [0.15, 0.2) is 59.8 Å². The quantitative estimate of drug-likeness (QED) is 0.689. The molecule has 0 aliphatic heterocycles. The molecule has 0 saturated heterocycles. The monoisotopic (exact) mass is 353 g/mol. The summed E-state index contributed by atoms with van der Waals surface area (Å²) in [7, 11) is 0. The molecule has 0 radical (unpaired) electrons. The van der Waals surface area contributed by atoms with E-state index in [0.29, 0.717) is 11.7 Å². The normalized spacial score (nSPS) is 11.9. The van der Waals surface area contributed by atoms with E-state index in [4.69, 9.17) is 0 Å². The van der Waals surface area contributed by atoms with Gasteiger partial charge in [0.2, 0.25) is 11.1 Å². The van der Waals surface area contributed by atoms with Crippen molar-refractivity contribution in [3.05, 3.63) is 65.7 Å². The predicted octanol–water partition coefficient (Wildman–Crippen LogP) is 3.15. The number of tetrazole rings is 1. The van der Waals surface area contributed by atoms with Crippen molar-refractivity contribution in [2.45, 2.75) is 30.8 Å². The smallest absolute Gasteiger partial charge is 0.237 e. The summed E-state index contributed by atoms with van der Waals surface area (Å²) in [5, 5.41) is 15.1. The predicted molar refractivity (Wildman–Crippen MR) is 98.5 cm³/mol. The minimum atomic E-state index is -0.319. The van der Waals surface area contributed by atoms with Gasteiger partial charge < -0.3 is 5.32 Å². The molecule has 128 valence electrons. The van der Waals surface area contributed by atoms with Crippen LogP contribution < -0.4 is 5.32 Å². The Morgan fingerprint density at radius 2 is 1.88 bits per heavy atom. The van der Waals surface area contributed by atoms with Crippen LogP contribution in [0.3, 0.4) is 0 Å². The number of carbonyl (C=O) groups is 1. The Labute approximate surface area is 150 Å². The Bertz CT molecular complexity index is 849. The van der Waals surface area contributed by atoms with Crippen molar-refractivity contribution < 1.29 is 4.79 Å². The summed E-state index contributed by atoms with van der Waals surface area (Å²) in [6.45, 7) is 4.38. The fourth-order valence-corrected chi connectivity index (χ4v) is 3.08. The van der Waals surface area contributed by atoms with Crippen LogP contribution in [-0.4, -0.2) is 31.4 Å². The van der Waals surface area contributed by atoms with Gasteiger partial charge in [0.15, 0.2) is 0 Å². The number of thioether (sulfide) groups is 1. The first-order valence-corrected chi connectivity index (χ1v) is 8.84. The van der Waals surface area contributed by atoms with Crippen LogP contribution in [0.25, 0.3) is 0 Å². The van der Waals surface area contributed by atoms with Crippen molar-refractivity contribution in [3.63, 3.8) is 0 Å². The molecule has 0 unspecified atom stereocenters. The number of rotatable bonds is 6. The van der Waals surface area contributed by atoms with Gasteiger partial charge in [-0.25, -0.2) is 4.68 Å². The van der Waals surface area contributed by atoms with E-state index in [0.717, 1.165) is 16.8 Å². The summed E-state index contributed by atoms with van der Waals surface area (Å²) >= 11 is 1.34. The van der Waals surface area contributed by atoms with Gasteiger partial charge in [-0.05, 0) is 41.5 Å². The number of hydrogen-bond acceptors (Lipinski definition) is 5. The number of para-hydroxylation sites is 1. The van der Waals surface area contributed by atoms with Gasteiger partial charge in [-0.3, -0.25) is 4.79 Å². The molecule has 0 aliphatic rings. The summed E-state index contributed by atoms with van der Waals surface area (Å²) in [6, 6.07) is 17.7. The summed E-state index contributed by atoms with van der Waals surface area (Å²) in [5.41, 5.74) is 2.96. The number of hydrogen-bond donors (Lipinski definition) is 1. The van der Waals surface area contributed by atoms with Crippen molar-refractivity contribution >= 4 is 23.4 Å². The van der Waals surface area contributed by atoms with E-state index >= 15 is 0 Å². The molecular weight excluding hydrogens is 334 g/mol. The molecule has 7 heteroatoms. The van der Waals surface area contributed by atoms with Crippen molar-refractivity contribution in [2.24, 2.45) is 0 Å². The van der Waals surface area contributed by atoms with Gasteiger partial charge in [-0.15, -0.1) is 5.10 Å². The van der Waals surface area contributed by atoms with Gasteiger partial charge in [0.25, 0.3) is 0 Å². The Hall–Kier alpha value is -2.67. The minimum Gasteiger partial charge on any atom is -0.325 e. The summed E-state index contributed by atoms with van der Waals surface area (Å²) < 4.78 is 1.71. The zero-order valence-corrected chi connectivity index (χ0v) is 14.9. The second-order valence-corrected chi connectivity index (χ2v) is 6.98. The average molecular weight is 353 g/mol. The average Bonchev–Trinajstić information content (AvgIpc) is 3.04. The highest BCUT2D eigenvalue weighted by Gasteiger charge is 2.19. The zero-order valence-electron chi connectivity index (χ0n) is 14.1. The van der Waals surface area contributed by atoms with E-state index < -0.39 is 0 Å². The highest BCUT2D eigenvalue weighted by molar-refractivity contribution is 8.00. The van der Waals surface area contributed by atoms with E-state index in [1.165, 1.54) is 11.8 Å². The third-order valence-corrected chi connectivity index (χ3v) is 4.80.